The molecule has 1 fully saturated rings. The fraction of sp³-hybridized carbons (Fsp3) is 0.171. The van der Waals surface area contributed by atoms with Crippen LogP contribution in [0.4, 0.5) is 0 Å². The summed E-state index contributed by atoms with van der Waals surface area (Å²) in [7, 11) is 0. The van der Waals surface area contributed by atoms with Crippen LogP contribution in [0.25, 0.3) is 21.9 Å². The fourth-order valence-electron chi connectivity index (χ4n) is 5.99. The van der Waals surface area contributed by atoms with E-state index in [2.05, 4.69) is 66.7 Å². The molecule has 1 saturated heterocycles. The molecule has 188 valence electrons. The molecule has 1 amide bonds. The first-order valence-electron chi connectivity index (χ1n) is 13.3. The molecule has 0 aromatic heterocycles. The molecule has 38 heavy (non-hydrogen) atoms. The van der Waals surface area contributed by atoms with E-state index in [0.717, 1.165) is 34.7 Å². The predicted octanol–water partition coefficient (Wildman–Crippen LogP) is 7.78. The summed E-state index contributed by atoms with van der Waals surface area (Å²) >= 11 is 0. The van der Waals surface area contributed by atoms with Crippen molar-refractivity contribution in [2.24, 2.45) is 5.92 Å². The zero-order valence-electron chi connectivity index (χ0n) is 21.5. The van der Waals surface area contributed by atoms with Gasteiger partial charge in [0.1, 0.15) is 5.75 Å². The molecule has 6 rings (SSSR count). The quantitative estimate of drug-likeness (QED) is 0.260. The minimum atomic E-state index is -0.381. The van der Waals surface area contributed by atoms with E-state index in [0.29, 0.717) is 0 Å². The van der Waals surface area contributed by atoms with E-state index in [1.807, 2.05) is 60.4 Å². The fourth-order valence-corrected chi connectivity index (χ4v) is 5.99. The molecule has 3 nitrogen and oxygen atoms in total. The average Bonchev–Trinajstić information content (AvgIpc) is 3.23. The van der Waals surface area contributed by atoms with Gasteiger partial charge in [-0.25, -0.2) is 0 Å². The van der Waals surface area contributed by atoms with E-state index in [1.165, 1.54) is 16.7 Å². The van der Waals surface area contributed by atoms with Crippen LogP contribution in [0.1, 0.15) is 36.1 Å². The Morgan fingerprint density at radius 2 is 1.39 bits per heavy atom. The zero-order valence-corrected chi connectivity index (χ0v) is 21.5. The number of likely N-dealkylation sites (tertiary alicyclic amines) is 1. The second kappa shape index (κ2) is 10.2. The Morgan fingerprint density at radius 1 is 0.763 bits per heavy atom. The number of phenolic OH excluding ortho intramolecular Hbond substituents is 1. The number of carbonyl (C=O) groups excluding carboxylic acids is 1. The molecule has 0 bridgehead atoms. The summed E-state index contributed by atoms with van der Waals surface area (Å²) in [5.74, 6) is 0.278. The Morgan fingerprint density at radius 3 is 2.13 bits per heavy atom. The highest BCUT2D eigenvalue weighted by atomic mass is 16.3. The second-order valence-electron chi connectivity index (χ2n) is 10.3. The summed E-state index contributed by atoms with van der Waals surface area (Å²) < 4.78 is 0. The van der Waals surface area contributed by atoms with E-state index in [4.69, 9.17) is 0 Å². The maximum absolute atomic E-state index is 13.8. The lowest BCUT2D eigenvalue weighted by molar-refractivity contribution is -0.133. The van der Waals surface area contributed by atoms with E-state index in [-0.39, 0.29) is 29.7 Å². The Kier molecular flexibility index (Phi) is 6.43. The maximum atomic E-state index is 13.8. The third kappa shape index (κ3) is 4.45. The molecule has 0 aliphatic carbocycles. The number of carbonyl (C=O) groups is 1. The molecule has 5 aromatic rings. The molecule has 0 spiro atoms. The number of phenols is 1. The molecule has 0 radical (unpaired) electrons. The van der Waals surface area contributed by atoms with Crippen LogP contribution in [-0.4, -0.2) is 22.0 Å². The summed E-state index contributed by atoms with van der Waals surface area (Å²) in [6.07, 6.45) is 1.55. The average molecular weight is 498 g/mol. The molecule has 1 heterocycles. The van der Waals surface area contributed by atoms with Gasteiger partial charge < -0.3 is 10.0 Å². The van der Waals surface area contributed by atoms with Crippen molar-refractivity contribution in [1.82, 2.24) is 4.90 Å². The molecule has 5 aromatic carbocycles. The highest BCUT2D eigenvalue weighted by Crippen LogP contribution is 2.44. The van der Waals surface area contributed by atoms with Crippen LogP contribution in [-0.2, 0) is 11.2 Å². The molecule has 1 N–H and O–H groups in total. The summed E-state index contributed by atoms with van der Waals surface area (Å²) in [5, 5.41) is 13.3. The van der Waals surface area contributed by atoms with Crippen LogP contribution in [0, 0.1) is 5.92 Å². The molecule has 3 heteroatoms. The van der Waals surface area contributed by atoms with Gasteiger partial charge in [0.15, 0.2) is 0 Å². The van der Waals surface area contributed by atoms with Gasteiger partial charge in [0, 0.05) is 17.5 Å². The lowest BCUT2D eigenvalue weighted by Crippen LogP contribution is -2.39. The predicted molar refractivity (Wildman–Crippen MR) is 154 cm³/mol. The minimum absolute atomic E-state index is 0.0173. The van der Waals surface area contributed by atoms with E-state index in [1.54, 1.807) is 6.07 Å². The monoisotopic (exact) mass is 497 g/mol. The summed E-state index contributed by atoms with van der Waals surface area (Å²) in [6, 6.07) is 40.6. The van der Waals surface area contributed by atoms with Crippen LogP contribution in [0.3, 0.4) is 0 Å². The van der Waals surface area contributed by atoms with Crippen LogP contribution < -0.4 is 0 Å². The summed E-state index contributed by atoms with van der Waals surface area (Å²) in [4.78, 5) is 15.9. The van der Waals surface area contributed by atoms with Crippen LogP contribution in [0.5, 0.6) is 5.75 Å². The van der Waals surface area contributed by atoms with Gasteiger partial charge in [-0.3, -0.25) is 4.79 Å². The Labute approximate surface area is 224 Å². The van der Waals surface area contributed by atoms with Crippen molar-refractivity contribution in [1.29, 1.82) is 0 Å². The van der Waals surface area contributed by atoms with Crippen molar-refractivity contribution < 1.29 is 9.90 Å². The number of hydrogen-bond acceptors (Lipinski definition) is 2. The van der Waals surface area contributed by atoms with Crippen molar-refractivity contribution in [3.05, 3.63) is 138 Å². The van der Waals surface area contributed by atoms with Crippen molar-refractivity contribution in [3.8, 4) is 16.9 Å². The molecular weight excluding hydrogens is 466 g/mol. The first-order valence-corrected chi connectivity index (χ1v) is 13.3. The van der Waals surface area contributed by atoms with Crippen molar-refractivity contribution >= 4 is 16.7 Å². The molecular formula is C35H31NO2. The first-order chi connectivity index (χ1) is 18.6. The van der Waals surface area contributed by atoms with Crippen molar-refractivity contribution in [3.63, 3.8) is 0 Å². The lowest BCUT2D eigenvalue weighted by atomic mass is 9.90. The summed E-state index contributed by atoms with van der Waals surface area (Å²) in [6.45, 7) is 2.03. The molecule has 3 unspecified atom stereocenters. The number of aromatic hydroxyl groups is 1. The van der Waals surface area contributed by atoms with Crippen molar-refractivity contribution in [2.45, 2.75) is 31.8 Å². The number of rotatable bonds is 6. The normalized spacial score (nSPS) is 18.1. The Balaban J connectivity index is 1.42. The van der Waals surface area contributed by atoms with Crippen LogP contribution in [0.2, 0.25) is 0 Å². The largest absolute Gasteiger partial charge is 0.508 e. The Bertz CT molecular complexity index is 1560. The molecule has 1 aliphatic rings. The minimum Gasteiger partial charge on any atom is -0.508 e. The van der Waals surface area contributed by atoms with Gasteiger partial charge in [-0.2, -0.15) is 0 Å². The van der Waals surface area contributed by atoms with Crippen LogP contribution >= 0.6 is 0 Å². The van der Waals surface area contributed by atoms with Gasteiger partial charge in [-0.1, -0.05) is 122 Å². The lowest BCUT2D eigenvalue weighted by Gasteiger charge is -2.35. The third-order valence-electron chi connectivity index (χ3n) is 7.84. The number of benzene rings is 5. The summed E-state index contributed by atoms with van der Waals surface area (Å²) in [5.41, 5.74) is 5.38. The Hall–Kier alpha value is -4.37. The van der Waals surface area contributed by atoms with E-state index < -0.39 is 0 Å². The standard InChI is InChI=1S/C35H31NO2/c1-24-22-30(23-25-16-18-27(19-17-25)26-10-4-2-5-11-26)36(35(24)38)34(29-13-6-3-7-14-29)33-31-15-9-8-12-28(31)20-21-32(33)37/h2-21,24,30,34,37H,22-23H2,1H3. The van der Waals surface area contributed by atoms with Gasteiger partial charge in [0.2, 0.25) is 5.91 Å². The van der Waals surface area contributed by atoms with Gasteiger partial charge in [0.05, 0.1) is 6.04 Å². The van der Waals surface area contributed by atoms with Crippen LogP contribution in [0.15, 0.2) is 121 Å². The number of nitrogens with zero attached hydrogens (tertiary/aromatic N) is 1. The van der Waals surface area contributed by atoms with Gasteiger partial charge in [-0.15, -0.1) is 0 Å². The highest BCUT2D eigenvalue weighted by molar-refractivity contribution is 5.90. The molecule has 3 atom stereocenters. The third-order valence-corrected chi connectivity index (χ3v) is 7.84. The number of hydrogen-bond donors (Lipinski definition) is 1. The van der Waals surface area contributed by atoms with Gasteiger partial charge in [-0.05, 0) is 51.9 Å². The van der Waals surface area contributed by atoms with Gasteiger partial charge >= 0.3 is 0 Å². The maximum Gasteiger partial charge on any atom is 0.226 e. The topological polar surface area (TPSA) is 40.5 Å². The van der Waals surface area contributed by atoms with E-state index in [9.17, 15) is 9.90 Å². The zero-order chi connectivity index (χ0) is 26.1. The second-order valence-corrected chi connectivity index (χ2v) is 10.3. The molecule has 0 saturated carbocycles. The SMILES string of the molecule is CC1CC(Cc2ccc(-c3ccccc3)cc2)N(C(c2ccccc2)c2c(O)ccc3ccccc23)C1=O. The highest BCUT2D eigenvalue weighted by Gasteiger charge is 2.43. The molecule has 1 aliphatic heterocycles. The first kappa shape index (κ1) is 24.0. The van der Waals surface area contributed by atoms with E-state index >= 15 is 0 Å². The van der Waals surface area contributed by atoms with Crippen molar-refractivity contribution in [2.75, 3.05) is 0 Å². The van der Waals surface area contributed by atoms with Gasteiger partial charge in [0.25, 0.3) is 0 Å². The number of fused-ring (bicyclic) bond motifs is 1. The smallest absolute Gasteiger partial charge is 0.226 e. The number of amides is 1.